The second-order valence-electron chi connectivity index (χ2n) is 9.47. The van der Waals surface area contributed by atoms with Crippen molar-refractivity contribution >= 4 is 33.9 Å². The lowest BCUT2D eigenvalue weighted by Crippen LogP contribution is -2.37. The van der Waals surface area contributed by atoms with Crippen LogP contribution in [0.15, 0.2) is 58.1 Å². The molecule has 222 valence electrons. The molecule has 0 bridgehead atoms. The number of hydrogen-bond donors (Lipinski definition) is 0. The van der Waals surface area contributed by atoms with Crippen molar-refractivity contribution in [3.05, 3.63) is 80.6 Å². The molecule has 1 fully saturated rings. The van der Waals surface area contributed by atoms with E-state index in [9.17, 15) is 9.18 Å². The molecule has 10 heteroatoms. The number of methoxy groups -OCH3 is 6. The Morgan fingerprint density at radius 2 is 1.14 bits per heavy atom. The molecule has 1 aliphatic heterocycles. The van der Waals surface area contributed by atoms with Crippen molar-refractivity contribution < 1.29 is 37.6 Å². The van der Waals surface area contributed by atoms with Crippen LogP contribution in [0.25, 0.3) is 12.2 Å². The monoisotopic (exact) mass is 641 g/mol. The molecule has 1 saturated heterocycles. The molecule has 0 aliphatic carbocycles. The largest absolute Gasteiger partial charge is 0.493 e. The highest BCUT2D eigenvalue weighted by molar-refractivity contribution is 9.10. The van der Waals surface area contributed by atoms with Crippen LogP contribution >= 0.6 is 15.9 Å². The summed E-state index contributed by atoms with van der Waals surface area (Å²) in [6.45, 7) is 0.904. The number of carbonyl (C=O) groups is 1. The van der Waals surface area contributed by atoms with Crippen molar-refractivity contribution in [3.63, 3.8) is 0 Å². The lowest BCUT2D eigenvalue weighted by molar-refractivity contribution is -0.113. The van der Waals surface area contributed by atoms with E-state index in [0.717, 1.165) is 0 Å². The lowest BCUT2D eigenvalue weighted by atomic mass is 9.93. The van der Waals surface area contributed by atoms with Crippen molar-refractivity contribution in [1.82, 2.24) is 4.90 Å². The van der Waals surface area contributed by atoms with E-state index in [1.54, 1.807) is 48.6 Å². The van der Waals surface area contributed by atoms with Gasteiger partial charge in [-0.3, -0.25) is 9.69 Å². The molecule has 0 aromatic heterocycles. The van der Waals surface area contributed by atoms with Gasteiger partial charge in [-0.1, -0.05) is 22.0 Å². The zero-order valence-corrected chi connectivity index (χ0v) is 26.0. The average Bonchev–Trinajstić information content (AvgIpc) is 2.99. The van der Waals surface area contributed by atoms with Gasteiger partial charge >= 0.3 is 0 Å². The molecule has 0 saturated carbocycles. The van der Waals surface area contributed by atoms with Crippen molar-refractivity contribution in [2.75, 3.05) is 55.7 Å². The Morgan fingerprint density at radius 1 is 0.714 bits per heavy atom. The maximum absolute atomic E-state index is 14.8. The standard InChI is InChI=1S/C32H33BrFNO7/c1-37-26-11-19(12-27(38-2)31(26)41-5)9-22-17-35(16-21-7-8-24(33)15-25(21)34)18-23(30(22)36)10-20-13-28(39-3)32(42-6)29(14-20)40-4/h7-15H,16-18H2,1-6H3/b22-9-,23-10+. The number of likely N-dealkylation sites (tertiary alicyclic amines) is 1. The van der Waals surface area contributed by atoms with Crippen LogP contribution in [0, 0.1) is 5.82 Å². The molecule has 8 nitrogen and oxygen atoms in total. The first kappa shape index (κ1) is 30.9. The van der Waals surface area contributed by atoms with Gasteiger partial charge < -0.3 is 28.4 Å². The van der Waals surface area contributed by atoms with Crippen molar-refractivity contribution in [2.45, 2.75) is 6.54 Å². The predicted octanol–water partition coefficient (Wildman–Crippen LogP) is 6.19. The van der Waals surface area contributed by atoms with E-state index in [2.05, 4.69) is 15.9 Å². The topological polar surface area (TPSA) is 75.7 Å². The van der Waals surface area contributed by atoms with E-state index < -0.39 is 0 Å². The number of benzene rings is 3. The molecule has 0 atom stereocenters. The van der Waals surface area contributed by atoms with E-state index in [4.69, 9.17) is 28.4 Å². The number of piperidine rings is 1. The number of hydrogen-bond acceptors (Lipinski definition) is 8. The first-order chi connectivity index (χ1) is 20.2. The van der Waals surface area contributed by atoms with E-state index in [1.165, 1.54) is 48.7 Å². The third kappa shape index (κ3) is 6.71. The number of rotatable bonds is 10. The fraction of sp³-hybridized carbons (Fsp3) is 0.281. The van der Waals surface area contributed by atoms with Gasteiger partial charge in [-0.25, -0.2) is 4.39 Å². The van der Waals surface area contributed by atoms with Gasteiger partial charge in [0.1, 0.15) is 5.82 Å². The Morgan fingerprint density at radius 3 is 1.50 bits per heavy atom. The molecular formula is C32H33BrFNO7. The summed E-state index contributed by atoms with van der Waals surface area (Å²) in [5, 5.41) is 0. The molecule has 0 unspecified atom stereocenters. The SMILES string of the molecule is COc1cc(/C=C2/CN(Cc3ccc(Br)cc3F)C/C(=C\c3cc(OC)c(OC)c(OC)c3)C2=O)cc(OC)c1OC. The van der Waals surface area contributed by atoms with E-state index in [1.807, 2.05) is 4.90 Å². The third-order valence-corrected chi connectivity index (χ3v) is 7.33. The highest BCUT2D eigenvalue weighted by Gasteiger charge is 2.28. The van der Waals surface area contributed by atoms with Crippen LogP contribution in [0.5, 0.6) is 34.5 Å². The van der Waals surface area contributed by atoms with Crippen LogP contribution in [-0.4, -0.2) is 66.4 Å². The number of carbonyl (C=O) groups excluding carboxylic acids is 1. The quantitative estimate of drug-likeness (QED) is 0.243. The molecule has 3 aromatic rings. The smallest absolute Gasteiger partial charge is 0.203 e. The van der Waals surface area contributed by atoms with Crippen molar-refractivity contribution in [1.29, 1.82) is 0 Å². The highest BCUT2D eigenvalue weighted by Crippen LogP contribution is 2.40. The summed E-state index contributed by atoms with van der Waals surface area (Å²) in [4.78, 5) is 15.9. The van der Waals surface area contributed by atoms with Crippen LogP contribution in [0.4, 0.5) is 4.39 Å². The molecule has 0 spiro atoms. The van der Waals surface area contributed by atoms with E-state index in [-0.39, 0.29) is 11.6 Å². The molecule has 1 heterocycles. The minimum atomic E-state index is -0.327. The first-order valence-corrected chi connectivity index (χ1v) is 13.8. The van der Waals surface area contributed by atoms with Gasteiger partial charge in [-0.05, 0) is 59.7 Å². The number of ketones is 1. The third-order valence-electron chi connectivity index (χ3n) is 6.84. The van der Waals surface area contributed by atoms with Crippen molar-refractivity contribution in [2.24, 2.45) is 0 Å². The van der Waals surface area contributed by atoms with Gasteiger partial charge in [0.15, 0.2) is 28.8 Å². The lowest BCUT2D eigenvalue weighted by Gasteiger charge is -2.30. The van der Waals surface area contributed by atoms with Crippen LogP contribution in [0.1, 0.15) is 16.7 Å². The summed E-state index contributed by atoms with van der Waals surface area (Å²) >= 11 is 3.31. The second kappa shape index (κ2) is 13.8. The van der Waals surface area contributed by atoms with E-state index >= 15 is 0 Å². The highest BCUT2D eigenvalue weighted by atomic mass is 79.9. The number of halogens is 2. The fourth-order valence-electron chi connectivity index (χ4n) is 4.88. The van der Waals surface area contributed by atoms with Gasteiger partial charge in [-0.15, -0.1) is 0 Å². The summed E-state index contributed by atoms with van der Waals surface area (Å²) in [6, 6.07) is 12.1. The average molecular weight is 643 g/mol. The molecular weight excluding hydrogens is 609 g/mol. The van der Waals surface area contributed by atoms with E-state index in [0.29, 0.717) is 86.4 Å². The van der Waals surface area contributed by atoms with Crippen LogP contribution in [0.2, 0.25) is 0 Å². The maximum Gasteiger partial charge on any atom is 0.203 e. The van der Waals surface area contributed by atoms with Crippen LogP contribution < -0.4 is 28.4 Å². The molecule has 0 amide bonds. The van der Waals surface area contributed by atoms with Gasteiger partial charge in [0.05, 0.1) is 42.7 Å². The minimum absolute atomic E-state index is 0.134. The van der Waals surface area contributed by atoms with Gasteiger partial charge in [0, 0.05) is 40.8 Å². The number of nitrogens with zero attached hydrogens (tertiary/aromatic N) is 1. The second-order valence-corrected chi connectivity index (χ2v) is 10.4. The van der Waals surface area contributed by atoms with Crippen LogP contribution in [-0.2, 0) is 11.3 Å². The number of Topliss-reactive ketones (excluding diaryl/α,β-unsaturated/α-hetero) is 1. The summed E-state index contributed by atoms with van der Waals surface area (Å²) in [7, 11) is 9.20. The van der Waals surface area contributed by atoms with Crippen LogP contribution in [0.3, 0.4) is 0 Å². The van der Waals surface area contributed by atoms with Gasteiger partial charge in [0.25, 0.3) is 0 Å². The zero-order valence-electron chi connectivity index (χ0n) is 24.4. The normalized spacial score (nSPS) is 15.6. The van der Waals surface area contributed by atoms with Crippen molar-refractivity contribution in [3.8, 4) is 34.5 Å². The molecule has 4 rings (SSSR count). The summed E-state index contributed by atoms with van der Waals surface area (Å²) < 4.78 is 48.4. The minimum Gasteiger partial charge on any atom is -0.493 e. The predicted molar refractivity (Wildman–Crippen MR) is 163 cm³/mol. The Labute approximate surface area is 253 Å². The Balaban J connectivity index is 1.81. The molecule has 3 aromatic carbocycles. The Hall–Kier alpha value is -4.02. The Bertz CT molecular complexity index is 1400. The Kier molecular flexibility index (Phi) is 10.1. The number of ether oxygens (including phenoxy) is 6. The van der Waals surface area contributed by atoms with Gasteiger partial charge in [-0.2, -0.15) is 0 Å². The van der Waals surface area contributed by atoms with Gasteiger partial charge in [0.2, 0.25) is 11.5 Å². The molecule has 0 radical (unpaired) electrons. The summed E-state index contributed by atoms with van der Waals surface area (Å²) in [5.74, 6) is 2.31. The first-order valence-electron chi connectivity index (χ1n) is 13.0. The summed E-state index contributed by atoms with van der Waals surface area (Å²) in [5.41, 5.74) is 2.94. The molecule has 1 aliphatic rings. The zero-order chi connectivity index (χ0) is 30.4. The fourth-order valence-corrected chi connectivity index (χ4v) is 5.22. The maximum atomic E-state index is 14.8. The summed E-state index contributed by atoms with van der Waals surface area (Å²) in [6.07, 6.45) is 3.58. The molecule has 0 N–H and O–H groups in total. The molecule has 42 heavy (non-hydrogen) atoms.